The molecule has 0 amide bonds. The summed E-state index contributed by atoms with van der Waals surface area (Å²) >= 11 is 0. The summed E-state index contributed by atoms with van der Waals surface area (Å²) in [5.74, 6) is -0.841. The van der Waals surface area contributed by atoms with Gasteiger partial charge in [-0.3, -0.25) is 14.4 Å². The van der Waals surface area contributed by atoms with Crippen molar-refractivity contribution in [3.05, 3.63) is 24.3 Å². The van der Waals surface area contributed by atoms with Gasteiger partial charge in [-0.15, -0.1) is 0 Å². The van der Waals surface area contributed by atoms with Gasteiger partial charge in [-0.25, -0.2) is 0 Å². The summed E-state index contributed by atoms with van der Waals surface area (Å²) in [7, 11) is 0. The monoisotopic (exact) mass is 1030 g/mol. The van der Waals surface area contributed by atoms with E-state index >= 15 is 0 Å². The fourth-order valence-electron chi connectivity index (χ4n) is 10.0. The highest BCUT2D eigenvalue weighted by Gasteiger charge is 2.19. The van der Waals surface area contributed by atoms with E-state index in [-0.39, 0.29) is 31.1 Å². The quantitative estimate of drug-likeness (QED) is 0.0261. The molecule has 0 aromatic carbocycles. The second-order valence-corrected chi connectivity index (χ2v) is 22.4. The molecule has 73 heavy (non-hydrogen) atoms. The van der Waals surface area contributed by atoms with E-state index in [0.717, 1.165) is 64.2 Å². The summed E-state index contributed by atoms with van der Waals surface area (Å²) in [6.07, 6.45) is 74.7. The third kappa shape index (κ3) is 60.6. The van der Waals surface area contributed by atoms with Gasteiger partial charge >= 0.3 is 17.9 Å². The van der Waals surface area contributed by atoms with Crippen LogP contribution in [0.5, 0.6) is 0 Å². The Bertz CT molecular complexity index is 1180. The van der Waals surface area contributed by atoms with Gasteiger partial charge < -0.3 is 14.2 Å². The number of rotatable bonds is 61. The molecule has 0 saturated heterocycles. The van der Waals surface area contributed by atoms with Crippen molar-refractivity contribution < 1.29 is 28.6 Å². The maximum atomic E-state index is 12.9. The summed E-state index contributed by atoms with van der Waals surface area (Å²) in [5.41, 5.74) is 0. The molecule has 0 radical (unpaired) electrons. The van der Waals surface area contributed by atoms with E-state index in [0.29, 0.717) is 19.3 Å². The number of hydrogen-bond acceptors (Lipinski definition) is 6. The van der Waals surface area contributed by atoms with Gasteiger partial charge in [0.2, 0.25) is 0 Å². The summed E-state index contributed by atoms with van der Waals surface area (Å²) in [4.78, 5) is 38.3. The third-order valence-electron chi connectivity index (χ3n) is 15.0. The standard InChI is InChI=1S/C67H126O6/c1-4-7-10-13-16-19-22-25-28-30-32-33-34-36-37-39-42-45-48-51-54-57-60-66(69)72-63-64(62-71-65(68)59-56-53-50-47-44-41-27-24-21-18-15-12-9-6-3)73-67(70)61-58-55-52-49-46-43-40-38-35-31-29-26-23-20-17-14-11-8-5-2/h17,20,26,29,64H,4-16,18-19,21-25,27-28,30-63H2,1-3H3/b20-17-,29-26-. The molecular weight excluding hydrogens is 901 g/mol. The van der Waals surface area contributed by atoms with Gasteiger partial charge in [-0.05, 0) is 51.4 Å². The van der Waals surface area contributed by atoms with Crippen LogP contribution in [0.3, 0.4) is 0 Å². The predicted octanol–water partition coefficient (Wildman–Crippen LogP) is 22.2. The maximum Gasteiger partial charge on any atom is 0.306 e. The van der Waals surface area contributed by atoms with Crippen LogP contribution in [-0.4, -0.2) is 37.2 Å². The van der Waals surface area contributed by atoms with E-state index in [4.69, 9.17) is 14.2 Å². The van der Waals surface area contributed by atoms with Crippen LogP contribution in [0.4, 0.5) is 0 Å². The molecule has 1 unspecified atom stereocenters. The first-order valence-corrected chi connectivity index (χ1v) is 32.8. The van der Waals surface area contributed by atoms with Crippen molar-refractivity contribution in [2.75, 3.05) is 13.2 Å². The molecule has 0 aliphatic rings. The zero-order valence-electron chi connectivity index (χ0n) is 49.4. The Balaban J connectivity index is 4.27. The van der Waals surface area contributed by atoms with Crippen molar-refractivity contribution >= 4 is 17.9 Å². The lowest BCUT2D eigenvalue weighted by Crippen LogP contribution is -2.30. The lowest BCUT2D eigenvalue weighted by Gasteiger charge is -2.18. The van der Waals surface area contributed by atoms with Crippen LogP contribution in [0.1, 0.15) is 367 Å². The molecule has 0 saturated carbocycles. The van der Waals surface area contributed by atoms with Crippen LogP contribution >= 0.6 is 0 Å². The molecular formula is C67H126O6. The summed E-state index contributed by atoms with van der Waals surface area (Å²) in [5, 5.41) is 0. The summed E-state index contributed by atoms with van der Waals surface area (Å²) < 4.78 is 17.0. The van der Waals surface area contributed by atoms with Gasteiger partial charge in [0, 0.05) is 19.3 Å². The lowest BCUT2D eigenvalue weighted by molar-refractivity contribution is -0.167. The highest BCUT2D eigenvalue weighted by atomic mass is 16.6. The molecule has 0 N–H and O–H groups in total. The number of carbonyl (C=O) groups excluding carboxylic acids is 3. The molecule has 0 aliphatic carbocycles. The first-order chi connectivity index (χ1) is 36.0. The largest absolute Gasteiger partial charge is 0.462 e. The topological polar surface area (TPSA) is 78.9 Å². The molecule has 0 spiro atoms. The summed E-state index contributed by atoms with van der Waals surface area (Å²) in [6, 6.07) is 0. The molecule has 6 heteroatoms. The fraction of sp³-hybridized carbons (Fsp3) is 0.896. The van der Waals surface area contributed by atoms with E-state index in [9.17, 15) is 14.4 Å². The van der Waals surface area contributed by atoms with E-state index in [1.807, 2.05) is 0 Å². The molecule has 0 rings (SSSR count). The van der Waals surface area contributed by atoms with Crippen molar-refractivity contribution in [1.82, 2.24) is 0 Å². The van der Waals surface area contributed by atoms with E-state index in [1.54, 1.807) is 0 Å². The zero-order valence-corrected chi connectivity index (χ0v) is 49.4. The number of esters is 3. The minimum absolute atomic E-state index is 0.0666. The predicted molar refractivity (Wildman–Crippen MR) is 316 cm³/mol. The number of ether oxygens (including phenoxy) is 3. The Morgan fingerprint density at radius 3 is 0.781 bits per heavy atom. The number of allylic oxidation sites excluding steroid dienone is 4. The number of unbranched alkanes of at least 4 members (excludes halogenated alkanes) is 46. The Labute approximate surface area is 455 Å². The number of hydrogen-bond donors (Lipinski definition) is 0. The molecule has 430 valence electrons. The molecule has 6 nitrogen and oxygen atoms in total. The molecule has 0 aromatic rings. The highest BCUT2D eigenvalue weighted by molar-refractivity contribution is 5.71. The van der Waals surface area contributed by atoms with Gasteiger partial charge in [0.15, 0.2) is 6.10 Å². The Hall–Kier alpha value is -2.11. The minimum atomic E-state index is -0.770. The molecule has 0 aromatic heterocycles. The smallest absolute Gasteiger partial charge is 0.306 e. The van der Waals surface area contributed by atoms with Crippen LogP contribution < -0.4 is 0 Å². The minimum Gasteiger partial charge on any atom is -0.462 e. The molecule has 0 bridgehead atoms. The summed E-state index contributed by atoms with van der Waals surface area (Å²) in [6.45, 7) is 6.69. The van der Waals surface area contributed by atoms with Gasteiger partial charge in [0.1, 0.15) is 13.2 Å². The van der Waals surface area contributed by atoms with Crippen molar-refractivity contribution in [3.8, 4) is 0 Å². The van der Waals surface area contributed by atoms with Crippen LogP contribution in [-0.2, 0) is 28.6 Å². The molecule has 0 fully saturated rings. The Morgan fingerprint density at radius 1 is 0.274 bits per heavy atom. The van der Waals surface area contributed by atoms with E-state index in [2.05, 4.69) is 45.1 Å². The van der Waals surface area contributed by atoms with Crippen molar-refractivity contribution in [3.63, 3.8) is 0 Å². The van der Waals surface area contributed by atoms with Gasteiger partial charge in [0.25, 0.3) is 0 Å². The molecule has 0 aliphatic heterocycles. The second kappa shape index (κ2) is 62.4. The zero-order chi connectivity index (χ0) is 52.9. The van der Waals surface area contributed by atoms with Crippen molar-refractivity contribution in [2.45, 2.75) is 374 Å². The van der Waals surface area contributed by atoms with Gasteiger partial charge in [-0.2, -0.15) is 0 Å². The maximum absolute atomic E-state index is 12.9. The average molecular weight is 1030 g/mol. The normalized spacial score (nSPS) is 12.1. The SMILES string of the molecule is CCCCC/C=C\C/C=C\CCCCCCCCCCCC(=O)OC(COC(=O)CCCCCCCCCCCCCCCC)COC(=O)CCCCCCCCCCCCCCCCCCCCCCCC. The van der Waals surface area contributed by atoms with Crippen LogP contribution in [0.25, 0.3) is 0 Å². The fourth-order valence-corrected chi connectivity index (χ4v) is 10.0. The van der Waals surface area contributed by atoms with E-state index < -0.39 is 6.10 Å². The van der Waals surface area contributed by atoms with Crippen molar-refractivity contribution in [2.24, 2.45) is 0 Å². The van der Waals surface area contributed by atoms with Crippen molar-refractivity contribution in [1.29, 1.82) is 0 Å². The average Bonchev–Trinajstić information content (AvgIpc) is 3.39. The third-order valence-corrected chi connectivity index (χ3v) is 15.0. The first kappa shape index (κ1) is 70.9. The second-order valence-electron chi connectivity index (χ2n) is 22.4. The van der Waals surface area contributed by atoms with Crippen LogP contribution in [0.15, 0.2) is 24.3 Å². The molecule has 0 heterocycles. The van der Waals surface area contributed by atoms with Crippen LogP contribution in [0, 0.1) is 0 Å². The van der Waals surface area contributed by atoms with Gasteiger partial charge in [-0.1, -0.05) is 321 Å². The van der Waals surface area contributed by atoms with Gasteiger partial charge in [0.05, 0.1) is 0 Å². The van der Waals surface area contributed by atoms with E-state index in [1.165, 1.54) is 263 Å². The molecule has 1 atom stereocenters. The Kier molecular flexibility index (Phi) is 60.6. The van der Waals surface area contributed by atoms with Crippen LogP contribution in [0.2, 0.25) is 0 Å². The number of carbonyl (C=O) groups is 3. The first-order valence-electron chi connectivity index (χ1n) is 32.8. The lowest BCUT2D eigenvalue weighted by atomic mass is 10.0. The Morgan fingerprint density at radius 2 is 0.493 bits per heavy atom. The highest BCUT2D eigenvalue weighted by Crippen LogP contribution is 2.18.